The molecule has 6 heteroatoms. The van der Waals surface area contributed by atoms with Crippen LogP contribution in [0.1, 0.15) is 25.7 Å². The molecule has 1 aliphatic rings. The van der Waals surface area contributed by atoms with E-state index in [9.17, 15) is 4.79 Å². The van der Waals surface area contributed by atoms with Crippen molar-refractivity contribution in [2.45, 2.75) is 31.7 Å². The average molecular weight is 302 g/mol. The molecule has 0 saturated carbocycles. The zero-order valence-corrected chi connectivity index (χ0v) is 11.1. The summed E-state index contributed by atoms with van der Waals surface area (Å²) < 4.78 is 0.496. The number of aliphatic hydroxyl groups is 1. The Balaban J connectivity index is 2.20. The molecule has 2 rings (SSSR count). The van der Waals surface area contributed by atoms with Crippen LogP contribution in [0.5, 0.6) is 0 Å². The highest BCUT2D eigenvalue weighted by molar-refractivity contribution is 9.10. The fourth-order valence-electron chi connectivity index (χ4n) is 2.32. The average Bonchev–Trinajstić information content (AvgIpc) is 2.78. The van der Waals surface area contributed by atoms with Gasteiger partial charge in [-0.15, -0.1) is 0 Å². The fourth-order valence-corrected chi connectivity index (χ4v) is 2.76. The first-order valence-electron chi connectivity index (χ1n) is 5.84. The minimum atomic E-state index is -0.150. The zero-order chi connectivity index (χ0) is 12.3. The largest absolute Gasteiger partial charge is 0.396 e. The van der Waals surface area contributed by atoms with E-state index in [2.05, 4.69) is 30.8 Å². The van der Waals surface area contributed by atoms with E-state index in [4.69, 9.17) is 5.11 Å². The van der Waals surface area contributed by atoms with Crippen LogP contribution in [0.15, 0.2) is 15.6 Å². The zero-order valence-electron chi connectivity index (χ0n) is 9.53. The molecule has 1 atom stereocenters. The molecule has 1 unspecified atom stereocenters. The van der Waals surface area contributed by atoms with Gasteiger partial charge in [-0.3, -0.25) is 4.79 Å². The van der Waals surface area contributed by atoms with Crippen molar-refractivity contribution in [3.05, 3.63) is 21.2 Å². The Hall–Kier alpha value is -0.880. The van der Waals surface area contributed by atoms with Crippen molar-refractivity contribution in [3.8, 4) is 0 Å². The summed E-state index contributed by atoms with van der Waals surface area (Å²) in [5.74, 6) is 0.717. The number of hydrogen-bond donors (Lipinski definition) is 2. The van der Waals surface area contributed by atoms with E-state index in [-0.39, 0.29) is 12.2 Å². The topological polar surface area (TPSA) is 69.2 Å². The Morgan fingerprint density at radius 3 is 3.24 bits per heavy atom. The maximum atomic E-state index is 11.5. The first-order valence-corrected chi connectivity index (χ1v) is 6.64. The summed E-state index contributed by atoms with van der Waals surface area (Å²) in [6.07, 6.45) is 5.38. The van der Waals surface area contributed by atoms with Gasteiger partial charge >= 0.3 is 0 Å². The van der Waals surface area contributed by atoms with Crippen LogP contribution in [-0.2, 0) is 0 Å². The Labute approximate surface area is 108 Å². The fraction of sp³-hybridized carbons (Fsp3) is 0.636. The quantitative estimate of drug-likeness (QED) is 0.879. The Morgan fingerprint density at radius 1 is 1.65 bits per heavy atom. The lowest BCUT2D eigenvalue weighted by atomic mass is 10.1. The third kappa shape index (κ3) is 2.69. The summed E-state index contributed by atoms with van der Waals surface area (Å²) in [5, 5.41) is 8.88. The highest BCUT2D eigenvalue weighted by Gasteiger charge is 2.27. The second-order valence-corrected chi connectivity index (χ2v) is 5.02. The lowest BCUT2D eigenvalue weighted by Gasteiger charge is -2.26. The number of H-pyrrole nitrogens is 1. The number of rotatable bonds is 4. The molecule has 17 heavy (non-hydrogen) atoms. The first kappa shape index (κ1) is 12.6. The molecule has 0 aromatic carbocycles. The maximum Gasteiger partial charge on any atom is 0.267 e. The molecule has 1 saturated heterocycles. The minimum Gasteiger partial charge on any atom is -0.396 e. The Morgan fingerprint density at radius 2 is 2.47 bits per heavy atom. The highest BCUT2D eigenvalue weighted by Crippen LogP contribution is 2.29. The number of aliphatic hydroxyl groups excluding tert-OH is 1. The normalized spacial score (nSPS) is 19.9. The van der Waals surface area contributed by atoms with E-state index < -0.39 is 0 Å². The molecule has 5 nitrogen and oxygen atoms in total. The van der Waals surface area contributed by atoms with Crippen LogP contribution in [0.3, 0.4) is 0 Å². The van der Waals surface area contributed by atoms with Gasteiger partial charge in [0.05, 0.1) is 6.33 Å². The van der Waals surface area contributed by atoms with E-state index in [0.717, 1.165) is 32.2 Å². The molecule has 1 aliphatic heterocycles. The van der Waals surface area contributed by atoms with Gasteiger partial charge < -0.3 is 15.0 Å². The van der Waals surface area contributed by atoms with Crippen LogP contribution in [0.4, 0.5) is 5.82 Å². The molecule has 0 aliphatic carbocycles. The molecule has 0 radical (unpaired) electrons. The number of halogens is 1. The number of anilines is 1. The van der Waals surface area contributed by atoms with Gasteiger partial charge in [-0.05, 0) is 41.6 Å². The van der Waals surface area contributed by atoms with Gasteiger partial charge in [0, 0.05) is 19.2 Å². The predicted octanol–water partition coefficient (Wildman–Crippen LogP) is 1.27. The van der Waals surface area contributed by atoms with Gasteiger partial charge in [0.2, 0.25) is 0 Å². The van der Waals surface area contributed by atoms with Gasteiger partial charge in [-0.25, -0.2) is 4.98 Å². The molecule has 0 bridgehead atoms. The molecule has 1 fully saturated rings. The van der Waals surface area contributed by atoms with E-state index in [1.165, 1.54) is 6.33 Å². The summed E-state index contributed by atoms with van der Waals surface area (Å²) in [4.78, 5) is 20.5. The van der Waals surface area contributed by atoms with Gasteiger partial charge in [0.1, 0.15) is 4.47 Å². The van der Waals surface area contributed by atoms with Gasteiger partial charge in [0.25, 0.3) is 5.56 Å². The third-order valence-electron chi connectivity index (χ3n) is 3.12. The lowest BCUT2D eigenvalue weighted by Crippen LogP contribution is -2.31. The van der Waals surface area contributed by atoms with Crippen LogP contribution in [-0.4, -0.2) is 34.3 Å². The SMILES string of the molecule is O=c1[nH]cnc(N2CCCC2CCCO)c1Br. The molecular formula is C11H16BrN3O2. The second kappa shape index (κ2) is 5.64. The van der Waals surface area contributed by atoms with Crippen molar-refractivity contribution in [1.29, 1.82) is 0 Å². The molecule has 94 valence electrons. The smallest absolute Gasteiger partial charge is 0.267 e. The third-order valence-corrected chi connectivity index (χ3v) is 3.84. The highest BCUT2D eigenvalue weighted by atomic mass is 79.9. The van der Waals surface area contributed by atoms with E-state index >= 15 is 0 Å². The van der Waals surface area contributed by atoms with Crippen molar-refractivity contribution in [3.63, 3.8) is 0 Å². The maximum absolute atomic E-state index is 11.5. The van der Waals surface area contributed by atoms with Crippen molar-refractivity contribution in [1.82, 2.24) is 9.97 Å². The summed E-state index contributed by atoms with van der Waals surface area (Å²) in [6.45, 7) is 1.14. The van der Waals surface area contributed by atoms with Gasteiger partial charge in [0.15, 0.2) is 5.82 Å². The van der Waals surface area contributed by atoms with Crippen molar-refractivity contribution in [2.24, 2.45) is 0 Å². The molecule has 1 aromatic heterocycles. The monoisotopic (exact) mass is 301 g/mol. The van der Waals surface area contributed by atoms with E-state index in [1.54, 1.807) is 0 Å². The molecule has 2 N–H and O–H groups in total. The van der Waals surface area contributed by atoms with Crippen LogP contribution >= 0.6 is 15.9 Å². The van der Waals surface area contributed by atoms with Crippen molar-refractivity contribution < 1.29 is 5.11 Å². The van der Waals surface area contributed by atoms with Gasteiger partial charge in [-0.2, -0.15) is 0 Å². The number of aromatic amines is 1. The standard InChI is InChI=1S/C11H16BrN3O2/c12-9-10(13-7-14-11(9)17)15-5-1-3-8(15)4-2-6-16/h7-8,16H,1-6H2,(H,13,14,17). The van der Waals surface area contributed by atoms with Crippen LogP contribution in [0.25, 0.3) is 0 Å². The lowest BCUT2D eigenvalue weighted by molar-refractivity contribution is 0.279. The molecular weight excluding hydrogens is 286 g/mol. The molecule has 2 heterocycles. The summed E-state index contributed by atoms with van der Waals surface area (Å²) in [6, 6.07) is 0.382. The number of hydrogen-bond acceptors (Lipinski definition) is 4. The summed E-state index contributed by atoms with van der Waals surface area (Å²) >= 11 is 3.29. The molecule has 0 spiro atoms. The first-order chi connectivity index (χ1) is 8.24. The molecule has 0 amide bonds. The summed E-state index contributed by atoms with van der Waals surface area (Å²) in [7, 11) is 0. The minimum absolute atomic E-state index is 0.150. The van der Waals surface area contributed by atoms with Crippen molar-refractivity contribution in [2.75, 3.05) is 18.1 Å². The number of nitrogens with one attached hydrogen (secondary N) is 1. The van der Waals surface area contributed by atoms with E-state index in [1.807, 2.05) is 0 Å². The Bertz CT molecular complexity index is 435. The van der Waals surface area contributed by atoms with Crippen LogP contribution in [0, 0.1) is 0 Å². The van der Waals surface area contributed by atoms with Crippen molar-refractivity contribution >= 4 is 21.7 Å². The summed E-state index contributed by atoms with van der Waals surface area (Å²) in [5.41, 5.74) is -0.150. The Kier molecular flexibility index (Phi) is 4.17. The number of aromatic nitrogens is 2. The number of nitrogens with zero attached hydrogens (tertiary/aromatic N) is 2. The van der Waals surface area contributed by atoms with Crippen LogP contribution < -0.4 is 10.5 Å². The van der Waals surface area contributed by atoms with Crippen LogP contribution in [0.2, 0.25) is 0 Å². The van der Waals surface area contributed by atoms with E-state index in [0.29, 0.717) is 16.3 Å². The predicted molar refractivity (Wildman–Crippen MR) is 69.2 cm³/mol. The second-order valence-electron chi connectivity index (χ2n) is 4.22. The van der Waals surface area contributed by atoms with Gasteiger partial charge in [-0.1, -0.05) is 0 Å². The molecule has 1 aromatic rings.